The van der Waals surface area contributed by atoms with E-state index in [1.807, 2.05) is 0 Å². The smallest absolute Gasteiger partial charge is 0.368 e. The Balaban J connectivity index is 1.52. The van der Waals surface area contributed by atoms with Gasteiger partial charge in [0.15, 0.2) is 0 Å². The molecule has 1 unspecified atom stereocenters. The number of ether oxygens (including phenoxy) is 1. The van der Waals surface area contributed by atoms with Gasteiger partial charge in [-0.2, -0.15) is 13.2 Å². The molecule has 1 aliphatic rings. The lowest BCUT2D eigenvalue weighted by atomic mass is 10.0. The summed E-state index contributed by atoms with van der Waals surface area (Å²) in [5, 5.41) is 0. The normalized spacial score (nSPS) is 16.9. The third-order valence-electron chi connectivity index (χ3n) is 4.99. The van der Waals surface area contributed by atoms with E-state index in [0.717, 1.165) is 6.07 Å². The van der Waals surface area contributed by atoms with Crippen molar-refractivity contribution in [1.29, 1.82) is 0 Å². The number of morpholine rings is 1. The van der Waals surface area contributed by atoms with E-state index in [4.69, 9.17) is 4.74 Å². The van der Waals surface area contributed by atoms with Gasteiger partial charge in [-0.25, -0.2) is 4.98 Å². The third-order valence-corrected chi connectivity index (χ3v) is 4.99. The number of halogens is 3. The number of hydrogen-bond donors (Lipinski definition) is 0. The quantitative estimate of drug-likeness (QED) is 0.634. The minimum Gasteiger partial charge on any atom is -0.368 e. The zero-order valence-corrected chi connectivity index (χ0v) is 16.4. The molecule has 0 radical (unpaired) electrons. The summed E-state index contributed by atoms with van der Waals surface area (Å²) in [6.07, 6.45) is -0.517. The molecule has 1 aliphatic heterocycles. The Kier molecular flexibility index (Phi) is 5.94. The van der Waals surface area contributed by atoms with Crippen LogP contribution in [0.25, 0.3) is 0 Å². The van der Waals surface area contributed by atoms with Crippen LogP contribution in [0.3, 0.4) is 0 Å². The Morgan fingerprint density at radius 2 is 1.97 bits per heavy atom. The molecule has 0 spiro atoms. The number of hydrogen-bond acceptors (Lipinski definition) is 5. The van der Waals surface area contributed by atoms with Gasteiger partial charge in [-0.15, -0.1) is 0 Å². The molecule has 31 heavy (non-hydrogen) atoms. The molecule has 3 aromatic rings. The van der Waals surface area contributed by atoms with Crippen molar-refractivity contribution < 1.29 is 22.7 Å². The monoisotopic (exact) mass is 428 g/mol. The number of carbonyl (C=O) groups is 1. The van der Waals surface area contributed by atoms with Gasteiger partial charge in [0.05, 0.1) is 30.6 Å². The lowest BCUT2D eigenvalue weighted by molar-refractivity contribution is -0.138. The van der Waals surface area contributed by atoms with Crippen molar-refractivity contribution in [3.05, 3.63) is 89.3 Å². The second kappa shape index (κ2) is 8.81. The molecular formula is C22H19F3N4O2. The second-order valence-electron chi connectivity index (χ2n) is 7.09. The summed E-state index contributed by atoms with van der Waals surface area (Å²) in [7, 11) is 0. The highest BCUT2D eigenvalue weighted by Crippen LogP contribution is 2.33. The molecule has 160 valence electrons. The van der Waals surface area contributed by atoms with Crippen LogP contribution in [0.2, 0.25) is 0 Å². The first kappa shape index (κ1) is 20.9. The fourth-order valence-corrected chi connectivity index (χ4v) is 3.51. The van der Waals surface area contributed by atoms with E-state index >= 15 is 0 Å². The molecule has 1 saturated heterocycles. The van der Waals surface area contributed by atoms with Crippen LogP contribution in [0.15, 0.2) is 61.1 Å². The van der Waals surface area contributed by atoms with E-state index in [-0.39, 0.29) is 30.1 Å². The van der Waals surface area contributed by atoms with Crippen LogP contribution in [-0.4, -0.2) is 45.5 Å². The van der Waals surface area contributed by atoms with Crippen LogP contribution in [0.1, 0.15) is 39.1 Å². The molecule has 3 heterocycles. The molecule has 0 bridgehead atoms. The Bertz CT molecular complexity index is 1060. The van der Waals surface area contributed by atoms with Gasteiger partial charge in [0.25, 0.3) is 5.91 Å². The first-order valence-electron chi connectivity index (χ1n) is 9.69. The summed E-state index contributed by atoms with van der Waals surface area (Å²) in [5.41, 5.74) is 0.794. The van der Waals surface area contributed by atoms with Crippen LogP contribution in [-0.2, 0) is 17.3 Å². The van der Waals surface area contributed by atoms with Crippen molar-refractivity contribution in [2.75, 3.05) is 19.7 Å². The van der Waals surface area contributed by atoms with Gasteiger partial charge in [0, 0.05) is 31.1 Å². The Morgan fingerprint density at radius 3 is 2.74 bits per heavy atom. The van der Waals surface area contributed by atoms with E-state index in [1.54, 1.807) is 29.2 Å². The van der Waals surface area contributed by atoms with E-state index in [2.05, 4.69) is 15.0 Å². The number of aromatic nitrogens is 3. The Labute approximate surface area is 176 Å². The number of amides is 1. The van der Waals surface area contributed by atoms with Crippen LogP contribution >= 0.6 is 0 Å². The molecule has 2 aromatic heterocycles. The summed E-state index contributed by atoms with van der Waals surface area (Å²) in [5.74, 6) is -0.253. The molecule has 9 heteroatoms. The third kappa shape index (κ3) is 4.88. The molecule has 1 amide bonds. The SMILES string of the molecule is O=C(c1cnccn1)N1CCOC(c2cccc(Cc3ccccc3C(F)(F)F)n2)C1. The molecule has 6 nitrogen and oxygen atoms in total. The van der Waals surface area contributed by atoms with Gasteiger partial charge >= 0.3 is 6.18 Å². The van der Waals surface area contributed by atoms with Gasteiger partial charge in [-0.3, -0.25) is 14.8 Å². The van der Waals surface area contributed by atoms with Crippen molar-refractivity contribution >= 4 is 5.91 Å². The molecule has 0 N–H and O–H groups in total. The predicted octanol–water partition coefficient (Wildman–Crippen LogP) is 3.69. The summed E-state index contributed by atoms with van der Waals surface area (Å²) in [4.78, 5) is 26.8. The minimum absolute atomic E-state index is 0.0402. The first-order chi connectivity index (χ1) is 14.9. The summed E-state index contributed by atoms with van der Waals surface area (Å²) < 4.78 is 45.7. The molecule has 0 aliphatic carbocycles. The maximum absolute atomic E-state index is 13.3. The Hall–Kier alpha value is -3.33. The fraction of sp³-hybridized carbons (Fsp3) is 0.273. The molecular weight excluding hydrogens is 409 g/mol. The maximum atomic E-state index is 13.3. The van der Waals surface area contributed by atoms with Crippen molar-refractivity contribution in [3.63, 3.8) is 0 Å². The van der Waals surface area contributed by atoms with Crippen molar-refractivity contribution in [3.8, 4) is 0 Å². The number of carbonyl (C=O) groups excluding carboxylic acids is 1. The van der Waals surface area contributed by atoms with E-state index < -0.39 is 17.8 Å². The van der Waals surface area contributed by atoms with Crippen LogP contribution in [0.5, 0.6) is 0 Å². The van der Waals surface area contributed by atoms with Gasteiger partial charge in [0.2, 0.25) is 0 Å². The lowest BCUT2D eigenvalue weighted by Crippen LogP contribution is -2.42. The number of pyridine rings is 1. The fourth-order valence-electron chi connectivity index (χ4n) is 3.51. The lowest BCUT2D eigenvalue weighted by Gasteiger charge is -2.32. The first-order valence-corrected chi connectivity index (χ1v) is 9.69. The largest absolute Gasteiger partial charge is 0.416 e. The van der Waals surface area contributed by atoms with Crippen molar-refractivity contribution in [1.82, 2.24) is 19.9 Å². The average Bonchev–Trinajstić information content (AvgIpc) is 2.79. The molecule has 1 atom stereocenters. The number of rotatable bonds is 4. The maximum Gasteiger partial charge on any atom is 0.416 e. The number of nitrogens with zero attached hydrogens (tertiary/aromatic N) is 4. The summed E-state index contributed by atoms with van der Waals surface area (Å²) in [6.45, 7) is 0.995. The number of benzene rings is 1. The molecule has 4 rings (SSSR count). The molecule has 1 fully saturated rings. The van der Waals surface area contributed by atoms with Crippen molar-refractivity contribution in [2.24, 2.45) is 0 Å². The van der Waals surface area contributed by atoms with Gasteiger partial charge < -0.3 is 9.64 Å². The van der Waals surface area contributed by atoms with E-state index in [0.29, 0.717) is 24.5 Å². The number of alkyl halides is 3. The zero-order valence-electron chi connectivity index (χ0n) is 16.4. The molecule has 0 saturated carbocycles. The summed E-state index contributed by atoms with van der Waals surface area (Å²) in [6, 6.07) is 10.6. The van der Waals surface area contributed by atoms with Crippen LogP contribution < -0.4 is 0 Å². The highest BCUT2D eigenvalue weighted by Gasteiger charge is 2.33. The van der Waals surface area contributed by atoms with Gasteiger partial charge in [0.1, 0.15) is 11.8 Å². The van der Waals surface area contributed by atoms with Gasteiger partial charge in [-0.05, 0) is 23.8 Å². The standard InChI is InChI=1S/C22H19F3N4O2/c23-22(24,25)17-6-2-1-4-15(17)12-16-5-3-7-18(28-16)20-14-29(10-11-31-20)21(30)19-13-26-8-9-27-19/h1-9,13,20H,10-12,14H2. The summed E-state index contributed by atoms with van der Waals surface area (Å²) >= 11 is 0. The second-order valence-corrected chi connectivity index (χ2v) is 7.09. The van der Waals surface area contributed by atoms with E-state index in [9.17, 15) is 18.0 Å². The predicted molar refractivity (Wildman–Crippen MR) is 105 cm³/mol. The average molecular weight is 428 g/mol. The highest BCUT2D eigenvalue weighted by molar-refractivity contribution is 5.92. The minimum atomic E-state index is -4.43. The highest BCUT2D eigenvalue weighted by atomic mass is 19.4. The Morgan fingerprint density at radius 1 is 1.13 bits per heavy atom. The van der Waals surface area contributed by atoms with Gasteiger partial charge in [-0.1, -0.05) is 24.3 Å². The van der Waals surface area contributed by atoms with Crippen molar-refractivity contribution in [2.45, 2.75) is 18.7 Å². The van der Waals surface area contributed by atoms with Crippen LogP contribution in [0.4, 0.5) is 13.2 Å². The topological polar surface area (TPSA) is 68.2 Å². The van der Waals surface area contributed by atoms with Crippen LogP contribution in [0, 0.1) is 0 Å². The van der Waals surface area contributed by atoms with E-state index in [1.165, 1.54) is 30.7 Å². The zero-order chi connectivity index (χ0) is 21.8. The molecule has 1 aromatic carbocycles.